The van der Waals surface area contributed by atoms with Crippen LogP contribution in [-0.2, 0) is 0 Å². The fourth-order valence-corrected chi connectivity index (χ4v) is 3.25. The zero-order chi connectivity index (χ0) is 13.6. The third-order valence-corrected chi connectivity index (χ3v) is 4.54. The first kappa shape index (κ1) is 12.1. The molecular weight excluding hydrogens is 256 g/mol. The summed E-state index contributed by atoms with van der Waals surface area (Å²) in [7, 11) is 0. The first-order valence-corrected chi connectivity index (χ1v) is 6.95. The first-order chi connectivity index (χ1) is 9.08. The molecule has 1 aromatic carbocycles. The summed E-state index contributed by atoms with van der Waals surface area (Å²) < 4.78 is 0. The molecule has 4 heteroatoms. The van der Waals surface area contributed by atoms with Crippen molar-refractivity contribution in [1.82, 2.24) is 9.97 Å². The number of H-pyrrole nitrogens is 1. The summed E-state index contributed by atoms with van der Waals surface area (Å²) in [4.78, 5) is 21.7. The van der Waals surface area contributed by atoms with Gasteiger partial charge in [0.1, 0.15) is 10.7 Å². The van der Waals surface area contributed by atoms with Crippen LogP contribution in [0.4, 0.5) is 0 Å². The quantitative estimate of drug-likeness (QED) is 0.734. The summed E-state index contributed by atoms with van der Waals surface area (Å²) in [5, 5.41) is 0.722. The largest absolute Gasteiger partial charge is 0.306 e. The predicted octanol–water partition coefficient (Wildman–Crippen LogP) is 3.58. The van der Waals surface area contributed by atoms with E-state index < -0.39 is 0 Å². The minimum atomic E-state index is -0.0508. The number of hydrogen-bond donors (Lipinski definition) is 1. The van der Waals surface area contributed by atoms with Gasteiger partial charge < -0.3 is 4.98 Å². The molecule has 0 atom stereocenters. The van der Waals surface area contributed by atoms with Crippen molar-refractivity contribution in [2.24, 2.45) is 0 Å². The lowest BCUT2D eigenvalue weighted by molar-refractivity contribution is 1.17. The Morgan fingerprint density at radius 1 is 1.16 bits per heavy atom. The molecule has 1 N–H and O–H groups in total. The molecule has 96 valence electrons. The fraction of sp³-hybridized carbons (Fsp3) is 0.200. The molecule has 0 unspecified atom stereocenters. The van der Waals surface area contributed by atoms with Crippen LogP contribution in [0.1, 0.15) is 16.0 Å². The van der Waals surface area contributed by atoms with Crippen molar-refractivity contribution >= 4 is 21.6 Å². The van der Waals surface area contributed by atoms with Crippen molar-refractivity contribution in [2.75, 3.05) is 0 Å². The van der Waals surface area contributed by atoms with Gasteiger partial charge in [-0.05, 0) is 31.9 Å². The van der Waals surface area contributed by atoms with Crippen LogP contribution in [0.2, 0.25) is 0 Å². The van der Waals surface area contributed by atoms with Crippen molar-refractivity contribution in [3.8, 4) is 11.4 Å². The molecule has 3 rings (SSSR count). The lowest BCUT2D eigenvalue weighted by Gasteiger charge is -2.04. The molecule has 0 bridgehead atoms. The molecule has 2 heterocycles. The molecule has 0 aliphatic heterocycles. The predicted molar refractivity (Wildman–Crippen MR) is 79.9 cm³/mol. The van der Waals surface area contributed by atoms with Crippen LogP contribution >= 0.6 is 11.3 Å². The maximum Gasteiger partial charge on any atom is 0.260 e. The maximum absolute atomic E-state index is 12.2. The molecule has 0 aliphatic rings. The summed E-state index contributed by atoms with van der Waals surface area (Å²) in [6.07, 6.45) is 0. The monoisotopic (exact) mass is 270 g/mol. The Balaban J connectivity index is 2.34. The van der Waals surface area contributed by atoms with E-state index in [1.165, 1.54) is 0 Å². The Bertz CT molecular complexity index is 830. The molecule has 0 aliphatic carbocycles. The highest BCUT2D eigenvalue weighted by Gasteiger charge is 2.13. The molecular formula is C15H14N2OS. The van der Waals surface area contributed by atoms with Crippen LogP contribution in [0.25, 0.3) is 21.6 Å². The van der Waals surface area contributed by atoms with Crippen molar-refractivity contribution < 1.29 is 0 Å². The number of nitrogens with zero attached hydrogens (tertiary/aromatic N) is 1. The normalized spacial score (nSPS) is 11.1. The van der Waals surface area contributed by atoms with Crippen LogP contribution in [0.5, 0.6) is 0 Å². The zero-order valence-corrected chi connectivity index (χ0v) is 11.9. The summed E-state index contributed by atoms with van der Waals surface area (Å²) in [6, 6.07) is 7.93. The van der Waals surface area contributed by atoms with Crippen molar-refractivity contribution in [2.45, 2.75) is 20.8 Å². The topological polar surface area (TPSA) is 45.8 Å². The molecule has 0 spiro atoms. The highest BCUT2D eigenvalue weighted by Crippen LogP contribution is 2.28. The van der Waals surface area contributed by atoms with Gasteiger partial charge in [0.05, 0.1) is 5.39 Å². The van der Waals surface area contributed by atoms with Gasteiger partial charge in [0.25, 0.3) is 5.56 Å². The van der Waals surface area contributed by atoms with E-state index in [0.717, 1.165) is 31.8 Å². The number of aromatic amines is 1. The number of rotatable bonds is 1. The molecule has 0 saturated carbocycles. The number of benzene rings is 1. The second-order valence-corrected chi connectivity index (χ2v) is 5.90. The molecule has 3 nitrogen and oxygen atoms in total. The van der Waals surface area contributed by atoms with Crippen LogP contribution < -0.4 is 5.56 Å². The van der Waals surface area contributed by atoms with Gasteiger partial charge in [-0.2, -0.15) is 0 Å². The molecule has 0 radical (unpaired) electrons. The molecule has 0 fully saturated rings. The SMILES string of the molecule is Cc1ccccc1-c1nc2sc(C)c(C)c2c(=O)[nH]1. The average Bonchev–Trinajstić information content (AvgIpc) is 2.66. The summed E-state index contributed by atoms with van der Waals surface area (Å²) in [5.74, 6) is 0.650. The van der Waals surface area contributed by atoms with Gasteiger partial charge in [0, 0.05) is 10.4 Å². The second-order valence-electron chi connectivity index (χ2n) is 4.69. The Hall–Kier alpha value is -1.94. The van der Waals surface area contributed by atoms with E-state index in [0.29, 0.717) is 5.82 Å². The average molecular weight is 270 g/mol. The second kappa shape index (κ2) is 4.31. The molecule has 0 saturated heterocycles. The van der Waals surface area contributed by atoms with Gasteiger partial charge in [-0.1, -0.05) is 24.3 Å². The van der Waals surface area contributed by atoms with Gasteiger partial charge >= 0.3 is 0 Å². The van der Waals surface area contributed by atoms with Gasteiger partial charge in [-0.15, -0.1) is 11.3 Å². The third kappa shape index (κ3) is 1.88. The lowest BCUT2D eigenvalue weighted by Crippen LogP contribution is -2.09. The highest BCUT2D eigenvalue weighted by molar-refractivity contribution is 7.18. The van der Waals surface area contributed by atoms with E-state index in [9.17, 15) is 4.79 Å². The van der Waals surface area contributed by atoms with Crippen molar-refractivity contribution in [1.29, 1.82) is 0 Å². The number of thiophene rings is 1. The van der Waals surface area contributed by atoms with Gasteiger partial charge in [-0.25, -0.2) is 4.98 Å². The molecule has 19 heavy (non-hydrogen) atoms. The van der Waals surface area contributed by atoms with Crippen molar-refractivity contribution in [3.05, 3.63) is 50.6 Å². The molecule has 0 amide bonds. The van der Waals surface area contributed by atoms with E-state index in [1.807, 2.05) is 45.0 Å². The summed E-state index contributed by atoms with van der Waals surface area (Å²) in [6.45, 7) is 6.01. The van der Waals surface area contributed by atoms with Gasteiger partial charge in [0.2, 0.25) is 0 Å². The number of fused-ring (bicyclic) bond motifs is 1. The van der Waals surface area contributed by atoms with E-state index in [1.54, 1.807) is 11.3 Å². The number of aryl methyl sites for hydroxylation is 3. The minimum Gasteiger partial charge on any atom is -0.306 e. The van der Waals surface area contributed by atoms with Gasteiger partial charge in [0.15, 0.2) is 0 Å². The Labute approximate surface area is 115 Å². The van der Waals surface area contributed by atoms with Gasteiger partial charge in [-0.3, -0.25) is 4.79 Å². The number of aromatic nitrogens is 2. The first-order valence-electron chi connectivity index (χ1n) is 6.14. The van der Waals surface area contributed by atoms with Crippen molar-refractivity contribution in [3.63, 3.8) is 0 Å². The maximum atomic E-state index is 12.2. The standard InChI is InChI=1S/C15H14N2OS/c1-8-6-4-5-7-11(8)13-16-14(18)12-9(2)10(3)19-15(12)17-13/h4-7H,1-3H3,(H,16,17,18). The number of hydrogen-bond acceptors (Lipinski definition) is 3. The minimum absolute atomic E-state index is 0.0508. The highest BCUT2D eigenvalue weighted by atomic mass is 32.1. The van der Waals surface area contributed by atoms with Crippen LogP contribution in [0.3, 0.4) is 0 Å². The fourth-order valence-electron chi connectivity index (χ4n) is 2.22. The van der Waals surface area contributed by atoms with E-state index in [2.05, 4.69) is 9.97 Å². The summed E-state index contributed by atoms with van der Waals surface area (Å²) >= 11 is 1.58. The third-order valence-electron chi connectivity index (χ3n) is 3.44. The van der Waals surface area contributed by atoms with E-state index in [4.69, 9.17) is 0 Å². The summed E-state index contributed by atoms with van der Waals surface area (Å²) in [5.41, 5.74) is 3.07. The molecule has 2 aromatic heterocycles. The Kier molecular flexibility index (Phi) is 2.75. The van der Waals surface area contributed by atoms with E-state index >= 15 is 0 Å². The smallest absolute Gasteiger partial charge is 0.260 e. The lowest BCUT2D eigenvalue weighted by atomic mass is 10.1. The van der Waals surface area contributed by atoms with Crippen LogP contribution in [0, 0.1) is 20.8 Å². The number of nitrogens with one attached hydrogen (secondary N) is 1. The zero-order valence-electron chi connectivity index (χ0n) is 11.1. The van der Waals surface area contributed by atoms with Crippen LogP contribution in [0.15, 0.2) is 29.1 Å². The van der Waals surface area contributed by atoms with Crippen LogP contribution in [-0.4, -0.2) is 9.97 Å². The molecule has 3 aromatic rings. The Morgan fingerprint density at radius 3 is 2.63 bits per heavy atom. The van der Waals surface area contributed by atoms with E-state index in [-0.39, 0.29) is 5.56 Å². The Morgan fingerprint density at radius 2 is 1.89 bits per heavy atom.